The van der Waals surface area contributed by atoms with Gasteiger partial charge < -0.3 is 10.1 Å². The number of benzene rings is 2. The topological polar surface area (TPSA) is 71.5 Å². The van der Waals surface area contributed by atoms with Crippen molar-refractivity contribution in [2.75, 3.05) is 11.9 Å². The molecule has 0 bridgehead atoms. The number of hydrogen-bond donors (Lipinski definition) is 1. The van der Waals surface area contributed by atoms with Crippen LogP contribution < -0.4 is 10.1 Å². The van der Waals surface area contributed by atoms with E-state index >= 15 is 0 Å². The third-order valence-electron chi connectivity index (χ3n) is 5.49. The van der Waals surface area contributed by atoms with Gasteiger partial charge in [0.05, 0.1) is 18.7 Å². The number of imide groups is 1. The Morgan fingerprint density at radius 2 is 1.79 bits per heavy atom. The molecule has 3 aromatic rings. The first kappa shape index (κ1) is 22.3. The molecule has 2 aromatic carbocycles. The molecule has 6 nitrogen and oxygen atoms in total. The number of rotatable bonds is 8. The summed E-state index contributed by atoms with van der Waals surface area (Å²) in [5, 5.41) is 3.25. The van der Waals surface area contributed by atoms with E-state index in [-0.39, 0.29) is 24.1 Å². The van der Waals surface area contributed by atoms with E-state index in [0.717, 1.165) is 34.5 Å². The Labute approximate surface area is 193 Å². The van der Waals surface area contributed by atoms with Crippen LogP contribution in [0.5, 0.6) is 5.75 Å². The molecule has 0 unspecified atom stereocenters. The monoisotopic (exact) mass is 441 g/mol. The van der Waals surface area contributed by atoms with Crippen molar-refractivity contribution in [1.82, 2.24) is 9.88 Å². The summed E-state index contributed by atoms with van der Waals surface area (Å²) >= 11 is 0. The minimum atomic E-state index is -0.356. The molecule has 0 aliphatic carbocycles. The van der Waals surface area contributed by atoms with Gasteiger partial charge in [-0.15, -0.1) is 0 Å². The summed E-state index contributed by atoms with van der Waals surface area (Å²) in [5.74, 6) is 0.0394. The van der Waals surface area contributed by atoms with Gasteiger partial charge in [-0.1, -0.05) is 42.8 Å². The number of nitrogens with zero attached hydrogens (tertiary/aromatic N) is 2. The molecule has 1 aliphatic rings. The first-order chi connectivity index (χ1) is 16.0. The highest BCUT2D eigenvalue weighted by atomic mass is 16.5. The molecule has 2 heterocycles. The summed E-state index contributed by atoms with van der Waals surface area (Å²) < 4.78 is 5.67. The van der Waals surface area contributed by atoms with Crippen LogP contribution in [0.15, 0.2) is 72.7 Å². The molecule has 4 rings (SSSR count). The van der Waals surface area contributed by atoms with Crippen LogP contribution in [0, 0.1) is 13.8 Å². The standard InChI is InChI=1S/C27H27N3O3/c1-4-14-33-22-10-8-21(9-11-22)24-25(29-23-12-7-18(2)15-19(23)3)27(32)30(26(24)31)17-20-6-5-13-28-16-20/h5-13,15-16,29H,4,14,17H2,1-3H3. The summed E-state index contributed by atoms with van der Waals surface area (Å²) in [6.45, 7) is 6.82. The molecule has 0 spiro atoms. The Morgan fingerprint density at radius 1 is 1.00 bits per heavy atom. The van der Waals surface area contributed by atoms with Crippen LogP contribution in [-0.2, 0) is 16.1 Å². The average Bonchev–Trinajstić information content (AvgIpc) is 3.04. The third-order valence-corrected chi connectivity index (χ3v) is 5.49. The molecule has 1 aromatic heterocycles. The Hall–Kier alpha value is -3.93. The molecule has 33 heavy (non-hydrogen) atoms. The lowest BCUT2D eigenvalue weighted by molar-refractivity contribution is -0.137. The molecular formula is C27H27N3O3. The summed E-state index contributed by atoms with van der Waals surface area (Å²) in [7, 11) is 0. The number of amides is 2. The first-order valence-corrected chi connectivity index (χ1v) is 11.0. The fourth-order valence-electron chi connectivity index (χ4n) is 3.80. The quantitative estimate of drug-likeness (QED) is 0.505. The van der Waals surface area contributed by atoms with Crippen LogP contribution in [0.1, 0.15) is 35.6 Å². The second kappa shape index (κ2) is 9.69. The molecular weight excluding hydrogens is 414 g/mol. The lowest BCUT2D eigenvalue weighted by Crippen LogP contribution is -2.32. The van der Waals surface area contributed by atoms with E-state index in [9.17, 15) is 9.59 Å². The zero-order valence-corrected chi connectivity index (χ0v) is 19.1. The van der Waals surface area contributed by atoms with Gasteiger partial charge in [0.2, 0.25) is 0 Å². The van der Waals surface area contributed by atoms with Crippen LogP contribution in [0.25, 0.3) is 5.57 Å². The molecule has 168 valence electrons. The molecule has 6 heteroatoms. The number of aryl methyl sites for hydroxylation is 2. The highest BCUT2D eigenvalue weighted by Crippen LogP contribution is 2.33. The van der Waals surface area contributed by atoms with Gasteiger partial charge >= 0.3 is 0 Å². The number of hydrogen-bond acceptors (Lipinski definition) is 5. The molecule has 0 atom stereocenters. The number of carbonyl (C=O) groups is 2. The van der Waals surface area contributed by atoms with Crippen LogP contribution in [0.2, 0.25) is 0 Å². The van der Waals surface area contributed by atoms with E-state index < -0.39 is 0 Å². The second-order valence-electron chi connectivity index (χ2n) is 8.12. The van der Waals surface area contributed by atoms with Crippen molar-refractivity contribution >= 4 is 23.1 Å². The SMILES string of the molecule is CCCOc1ccc(C2=C(Nc3ccc(C)cc3C)C(=O)N(Cc3cccnc3)C2=O)cc1. The molecule has 0 saturated heterocycles. The first-order valence-electron chi connectivity index (χ1n) is 11.0. The van der Waals surface area contributed by atoms with E-state index in [2.05, 4.69) is 10.3 Å². The minimum Gasteiger partial charge on any atom is -0.494 e. The largest absolute Gasteiger partial charge is 0.494 e. The lowest BCUT2D eigenvalue weighted by atomic mass is 10.0. The molecule has 0 saturated carbocycles. The zero-order chi connectivity index (χ0) is 23.4. The van der Waals surface area contributed by atoms with Crippen molar-refractivity contribution in [2.24, 2.45) is 0 Å². The van der Waals surface area contributed by atoms with E-state index in [1.165, 1.54) is 4.90 Å². The summed E-state index contributed by atoms with van der Waals surface area (Å²) in [6, 6.07) is 16.9. The van der Waals surface area contributed by atoms with Crippen LogP contribution in [0.4, 0.5) is 5.69 Å². The van der Waals surface area contributed by atoms with Gasteiger partial charge in [-0.25, -0.2) is 0 Å². The average molecular weight is 442 g/mol. The highest BCUT2D eigenvalue weighted by molar-refractivity contribution is 6.36. The number of aromatic nitrogens is 1. The predicted octanol–water partition coefficient (Wildman–Crippen LogP) is 4.88. The second-order valence-corrected chi connectivity index (χ2v) is 8.12. The fourth-order valence-corrected chi connectivity index (χ4v) is 3.80. The molecule has 1 aliphatic heterocycles. The van der Waals surface area contributed by atoms with Gasteiger partial charge in [0, 0.05) is 18.1 Å². The maximum absolute atomic E-state index is 13.5. The number of anilines is 1. The van der Waals surface area contributed by atoms with Crippen LogP contribution in [-0.4, -0.2) is 28.3 Å². The van der Waals surface area contributed by atoms with Gasteiger partial charge in [0.1, 0.15) is 11.4 Å². The predicted molar refractivity (Wildman–Crippen MR) is 128 cm³/mol. The Bertz CT molecular complexity index is 1200. The van der Waals surface area contributed by atoms with Gasteiger partial charge in [-0.05, 0) is 61.2 Å². The highest BCUT2D eigenvalue weighted by Gasteiger charge is 2.39. The summed E-state index contributed by atoms with van der Waals surface area (Å²) in [6.07, 6.45) is 4.24. The van der Waals surface area contributed by atoms with Gasteiger partial charge in [0.15, 0.2) is 0 Å². The van der Waals surface area contributed by atoms with Crippen molar-refractivity contribution < 1.29 is 14.3 Å². The Kier molecular flexibility index (Phi) is 6.54. The maximum atomic E-state index is 13.5. The maximum Gasteiger partial charge on any atom is 0.278 e. The van der Waals surface area contributed by atoms with E-state index in [0.29, 0.717) is 17.7 Å². The Morgan fingerprint density at radius 3 is 2.45 bits per heavy atom. The van der Waals surface area contributed by atoms with Crippen molar-refractivity contribution in [2.45, 2.75) is 33.7 Å². The third kappa shape index (κ3) is 4.80. The molecule has 0 radical (unpaired) electrons. The number of pyridine rings is 1. The smallest absolute Gasteiger partial charge is 0.278 e. The number of ether oxygens (including phenoxy) is 1. The van der Waals surface area contributed by atoms with Crippen molar-refractivity contribution in [3.63, 3.8) is 0 Å². The van der Waals surface area contributed by atoms with E-state index in [1.807, 2.05) is 69.3 Å². The van der Waals surface area contributed by atoms with Gasteiger partial charge in [-0.2, -0.15) is 0 Å². The van der Waals surface area contributed by atoms with Crippen LogP contribution in [0.3, 0.4) is 0 Å². The van der Waals surface area contributed by atoms with Gasteiger partial charge in [0.25, 0.3) is 11.8 Å². The van der Waals surface area contributed by atoms with Crippen LogP contribution >= 0.6 is 0 Å². The molecule has 0 fully saturated rings. The summed E-state index contributed by atoms with van der Waals surface area (Å²) in [4.78, 5) is 32.3. The van der Waals surface area contributed by atoms with E-state index in [1.54, 1.807) is 18.5 Å². The zero-order valence-electron chi connectivity index (χ0n) is 19.1. The Balaban J connectivity index is 1.72. The lowest BCUT2D eigenvalue weighted by Gasteiger charge is -2.15. The molecule has 1 N–H and O–H groups in total. The van der Waals surface area contributed by atoms with Gasteiger partial charge in [-0.3, -0.25) is 19.5 Å². The van der Waals surface area contributed by atoms with Crippen molar-refractivity contribution in [3.05, 3.63) is 94.9 Å². The minimum absolute atomic E-state index is 0.158. The van der Waals surface area contributed by atoms with E-state index in [4.69, 9.17) is 4.74 Å². The van der Waals surface area contributed by atoms with Crippen molar-refractivity contribution in [3.8, 4) is 5.75 Å². The van der Waals surface area contributed by atoms with Crippen molar-refractivity contribution in [1.29, 1.82) is 0 Å². The fraction of sp³-hybridized carbons (Fsp3) is 0.222. The molecule has 2 amide bonds. The normalized spacial score (nSPS) is 13.6. The number of carbonyl (C=O) groups excluding carboxylic acids is 2. The summed E-state index contributed by atoms with van der Waals surface area (Å²) in [5.41, 5.74) is 5.00. The number of nitrogens with one attached hydrogen (secondary N) is 1.